The summed E-state index contributed by atoms with van der Waals surface area (Å²) in [5, 5.41) is 4.04. The van der Waals surface area contributed by atoms with E-state index in [4.69, 9.17) is 9.47 Å². The first-order valence-electron chi connectivity index (χ1n) is 11.1. The molecule has 7 nitrogen and oxygen atoms in total. The van der Waals surface area contributed by atoms with Crippen molar-refractivity contribution in [3.8, 4) is 22.8 Å². The van der Waals surface area contributed by atoms with Crippen LogP contribution in [0.3, 0.4) is 0 Å². The van der Waals surface area contributed by atoms with E-state index in [1.54, 1.807) is 23.1 Å². The first-order chi connectivity index (χ1) is 16.0. The molecule has 1 fully saturated rings. The lowest BCUT2D eigenvalue weighted by atomic mass is 9.88. The van der Waals surface area contributed by atoms with Crippen LogP contribution in [0.5, 0.6) is 11.5 Å². The number of nitrogens with zero attached hydrogens (tertiary/aromatic N) is 4. The number of ether oxygens (including phenoxy) is 2. The first-order valence-corrected chi connectivity index (χ1v) is 11.1. The lowest BCUT2D eigenvalue weighted by molar-refractivity contribution is -0.142. The van der Waals surface area contributed by atoms with Crippen LogP contribution in [0.1, 0.15) is 49.8 Å². The fourth-order valence-electron chi connectivity index (χ4n) is 4.88. The number of hydrogen-bond donors (Lipinski definition) is 0. The van der Waals surface area contributed by atoms with Gasteiger partial charge in [0.05, 0.1) is 19.9 Å². The number of likely N-dealkylation sites (tertiary alicyclic amines) is 1. The number of rotatable bonds is 4. The van der Waals surface area contributed by atoms with Crippen molar-refractivity contribution in [2.75, 3.05) is 14.2 Å². The average molecular weight is 476 g/mol. The average Bonchev–Trinajstić information content (AvgIpc) is 3.20. The van der Waals surface area contributed by atoms with Gasteiger partial charge in [0.15, 0.2) is 28.5 Å². The molecule has 0 N–H and O–H groups in total. The first kappa shape index (κ1) is 23.8. The monoisotopic (exact) mass is 476 g/mol. The Bertz CT molecular complexity index is 1210. The van der Waals surface area contributed by atoms with Crippen LogP contribution in [0.15, 0.2) is 30.3 Å². The minimum Gasteiger partial charge on any atom is -0.493 e. The lowest BCUT2D eigenvalue weighted by Crippen LogP contribution is -2.49. The summed E-state index contributed by atoms with van der Waals surface area (Å²) in [7, 11) is 2.91. The number of aromatic nitrogens is 3. The SMILES string of the molecule is COc1ccc(-c2cc(C(F)(F)F)n3nc(C(=O)N4[C@H](C)CC(C)C[C@H]4C)cc3n2)cc1OC. The minimum absolute atomic E-state index is 0.0339. The van der Waals surface area contributed by atoms with Gasteiger partial charge in [-0.1, -0.05) is 6.92 Å². The molecule has 10 heteroatoms. The van der Waals surface area contributed by atoms with Crippen molar-refractivity contribution in [3.63, 3.8) is 0 Å². The van der Waals surface area contributed by atoms with Crippen molar-refractivity contribution in [1.29, 1.82) is 0 Å². The van der Waals surface area contributed by atoms with E-state index in [2.05, 4.69) is 17.0 Å². The van der Waals surface area contributed by atoms with E-state index in [9.17, 15) is 18.0 Å². The molecule has 0 saturated carbocycles. The Morgan fingerprint density at radius 3 is 2.24 bits per heavy atom. The van der Waals surface area contributed by atoms with Crippen LogP contribution in [0.2, 0.25) is 0 Å². The molecule has 1 aliphatic rings. The molecule has 1 saturated heterocycles. The fraction of sp³-hybridized carbons (Fsp3) is 0.458. The normalized spacial score (nSPS) is 21.1. The zero-order valence-corrected chi connectivity index (χ0v) is 19.7. The van der Waals surface area contributed by atoms with Crippen molar-refractivity contribution in [2.24, 2.45) is 5.92 Å². The molecule has 0 aliphatic carbocycles. The second kappa shape index (κ2) is 8.81. The van der Waals surface area contributed by atoms with Crippen LogP contribution in [0, 0.1) is 5.92 Å². The van der Waals surface area contributed by atoms with Crippen LogP contribution in [0.4, 0.5) is 13.2 Å². The third kappa shape index (κ3) is 4.28. The summed E-state index contributed by atoms with van der Waals surface area (Å²) in [5.74, 6) is 0.887. The molecule has 3 aromatic rings. The molecule has 4 rings (SSSR count). The molecule has 1 amide bonds. The number of piperidine rings is 1. The van der Waals surface area contributed by atoms with Crippen LogP contribution in [0.25, 0.3) is 16.9 Å². The van der Waals surface area contributed by atoms with Gasteiger partial charge in [-0.2, -0.15) is 18.3 Å². The number of methoxy groups -OCH3 is 2. The Kier molecular flexibility index (Phi) is 6.18. The summed E-state index contributed by atoms with van der Waals surface area (Å²) < 4.78 is 53.1. The molecule has 2 aromatic heterocycles. The number of halogens is 3. The van der Waals surface area contributed by atoms with E-state index >= 15 is 0 Å². The summed E-state index contributed by atoms with van der Waals surface area (Å²) >= 11 is 0. The van der Waals surface area contributed by atoms with Crippen molar-refractivity contribution >= 4 is 11.6 Å². The molecule has 2 atom stereocenters. The van der Waals surface area contributed by atoms with Gasteiger partial charge >= 0.3 is 6.18 Å². The number of hydrogen-bond acceptors (Lipinski definition) is 5. The molecule has 0 radical (unpaired) electrons. The molecule has 0 unspecified atom stereocenters. The maximum Gasteiger partial charge on any atom is 0.433 e. The topological polar surface area (TPSA) is 69.0 Å². The molecular weight excluding hydrogens is 449 g/mol. The summed E-state index contributed by atoms with van der Waals surface area (Å²) in [4.78, 5) is 19.4. The second-order valence-corrected chi connectivity index (χ2v) is 8.88. The van der Waals surface area contributed by atoms with Gasteiger partial charge in [0.1, 0.15) is 0 Å². The number of alkyl halides is 3. The van der Waals surface area contributed by atoms with Crippen molar-refractivity contribution < 1.29 is 27.4 Å². The Balaban J connectivity index is 1.81. The molecule has 34 heavy (non-hydrogen) atoms. The summed E-state index contributed by atoms with van der Waals surface area (Å²) in [5.41, 5.74) is -0.653. The van der Waals surface area contributed by atoms with E-state index < -0.39 is 17.8 Å². The van der Waals surface area contributed by atoms with Crippen LogP contribution in [-0.2, 0) is 6.18 Å². The van der Waals surface area contributed by atoms with Crippen molar-refractivity contribution in [3.05, 3.63) is 41.7 Å². The standard InChI is InChI=1S/C24H27F3N4O3/c1-13-8-14(2)30(15(3)9-13)23(32)18-12-22-28-17(11-21(24(25,26)27)31(22)29-18)16-6-7-19(33-4)20(10-16)34-5/h6-7,10-15H,8-9H2,1-5H3/t14-,15-/m1/s1. The van der Waals surface area contributed by atoms with Crippen LogP contribution >= 0.6 is 0 Å². The Morgan fingerprint density at radius 1 is 1.00 bits per heavy atom. The third-order valence-corrected chi connectivity index (χ3v) is 6.29. The fourth-order valence-corrected chi connectivity index (χ4v) is 4.88. The van der Waals surface area contributed by atoms with Gasteiger partial charge in [-0.3, -0.25) is 4.79 Å². The largest absolute Gasteiger partial charge is 0.493 e. The molecular formula is C24H27F3N4O3. The van der Waals surface area contributed by atoms with Gasteiger partial charge in [-0.05, 0) is 56.9 Å². The zero-order chi connectivity index (χ0) is 24.8. The van der Waals surface area contributed by atoms with Gasteiger partial charge in [0.25, 0.3) is 5.91 Å². The highest BCUT2D eigenvalue weighted by atomic mass is 19.4. The molecule has 1 aromatic carbocycles. The van der Waals surface area contributed by atoms with Crippen molar-refractivity contribution in [2.45, 2.75) is 51.9 Å². The summed E-state index contributed by atoms with van der Waals surface area (Å²) in [6, 6.07) is 6.92. The molecule has 182 valence electrons. The van der Waals surface area contributed by atoms with Gasteiger partial charge in [0, 0.05) is 23.7 Å². The number of carbonyl (C=O) groups is 1. The van der Waals surface area contributed by atoms with Crippen molar-refractivity contribution in [1.82, 2.24) is 19.5 Å². The van der Waals surface area contributed by atoms with E-state index in [1.165, 1.54) is 20.3 Å². The maximum atomic E-state index is 14.0. The third-order valence-electron chi connectivity index (χ3n) is 6.29. The molecule has 3 heterocycles. The Morgan fingerprint density at radius 2 is 1.65 bits per heavy atom. The van der Waals surface area contributed by atoms with E-state index in [0.29, 0.717) is 27.5 Å². The summed E-state index contributed by atoms with van der Waals surface area (Å²) in [6.07, 6.45) is -3.04. The van der Waals surface area contributed by atoms with Gasteiger partial charge in [0.2, 0.25) is 0 Å². The Hall–Kier alpha value is -3.30. The highest BCUT2D eigenvalue weighted by Gasteiger charge is 2.37. The number of benzene rings is 1. The van der Waals surface area contributed by atoms with E-state index in [-0.39, 0.29) is 29.1 Å². The lowest BCUT2D eigenvalue weighted by Gasteiger charge is -2.41. The molecule has 0 spiro atoms. The number of carbonyl (C=O) groups excluding carboxylic acids is 1. The van der Waals surface area contributed by atoms with Gasteiger partial charge in [-0.25, -0.2) is 9.50 Å². The molecule has 0 bridgehead atoms. The minimum atomic E-state index is -4.71. The van der Waals surface area contributed by atoms with Crippen LogP contribution < -0.4 is 9.47 Å². The highest BCUT2D eigenvalue weighted by Crippen LogP contribution is 2.36. The van der Waals surface area contributed by atoms with E-state index in [1.807, 2.05) is 13.8 Å². The quantitative estimate of drug-likeness (QED) is 0.525. The Labute approximate surface area is 195 Å². The number of fused-ring (bicyclic) bond motifs is 1. The second-order valence-electron chi connectivity index (χ2n) is 8.88. The zero-order valence-electron chi connectivity index (χ0n) is 19.7. The predicted molar refractivity (Wildman–Crippen MR) is 120 cm³/mol. The highest BCUT2D eigenvalue weighted by molar-refractivity contribution is 5.94. The van der Waals surface area contributed by atoms with Gasteiger partial charge in [-0.15, -0.1) is 0 Å². The predicted octanol–water partition coefficient (Wildman–Crippen LogP) is 5.08. The number of amides is 1. The van der Waals surface area contributed by atoms with E-state index in [0.717, 1.165) is 18.9 Å². The summed E-state index contributed by atoms with van der Waals surface area (Å²) in [6.45, 7) is 6.04. The van der Waals surface area contributed by atoms with Gasteiger partial charge < -0.3 is 14.4 Å². The smallest absolute Gasteiger partial charge is 0.433 e. The van der Waals surface area contributed by atoms with Crippen LogP contribution in [-0.4, -0.2) is 51.7 Å². The molecule has 1 aliphatic heterocycles. The maximum absolute atomic E-state index is 14.0.